The Labute approximate surface area is 137 Å². The van der Waals surface area contributed by atoms with Gasteiger partial charge >= 0.3 is 6.09 Å². The van der Waals surface area contributed by atoms with Crippen LogP contribution >= 0.6 is 0 Å². The smallest absolute Gasteiger partial charge is 0.410 e. The van der Waals surface area contributed by atoms with E-state index in [1.807, 2.05) is 0 Å². The highest BCUT2D eigenvalue weighted by molar-refractivity contribution is 5.92. The maximum Gasteiger partial charge on any atom is 0.410 e. The van der Waals surface area contributed by atoms with Crippen LogP contribution in [0.25, 0.3) is 0 Å². The van der Waals surface area contributed by atoms with Crippen LogP contribution in [0.3, 0.4) is 0 Å². The van der Waals surface area contributed by atoms with E-state index in [9.17, 15) is 14.4 Å². The largest absolute Gasteiger partial charge is 0.444 e. The standard InChI is InChI=1S/C16H27N3O4/c1-16(2,3)23-15(22)19-10-6-8-12(19)14(21)18-9-5-7-11(18)13(20)17-4/h11-12H,5-10H2,1-4H3,(H,17,20)/t11-,12-/m0/s1. The summed E-state index contributed by atoms with van der Waals surface area (Å²) in [7, 11) is 1.58. The Morgan fingerprint density at radius 1 is 1.00 bits per heavy atom. The molecule has 2 fully saturated rings. The maximum absolute atomic E-state index is 12.9. The van der Waals surface area contributed by atoms with Gasteiger partial charge in [-0.1, -0.05) is 0 Å². The van der Waals surface area contributed by atoms with Crippen molar-refractivity contribution in [2.75, 3.05) is 20.1 Å². The molecule has 0 saturated carbocycles. The van der Waals surface area contributed by atoms with Crippen LogP contribution in [0.4, 0.5) is 4.79 Å². The van der Waals surface area contributed by atoms with E-state index in [-0.39, 0.29) is 11.8 Å². The summed E-state index contributed by atoms with van der Waals surface area (Å²) in [6.07, 6.45) is 2.42. The highest BCUT2D eigenvalue weighted by Gasteiger charge is 2.42. The summed E-state index contributed by atoms with van der Waals surface area (Å²) in [5.41, 5.74) is -0.592. The van der Waals surface area contributed by atoms with Gasteiger partial charge in [0.2, 0.25) is 11.8 Å². The zero-order valence-corrected chi connectivity index (χ0v) is 14.4. The van der Waals surface area contributed by atoms with Crippen LogP contribution in [0, 0.1) is 0 Å². The van der Waals surface area contributed by atoms with Gasteiger partial charge in [-0.15, -0.1) is 0 Å². The average Bonchev–Trinajstić information content (AvgIpc) is 3.12. The van der Waals surface area contributed by atoms with Crippen LogP contribution in [-0.4, -0.2) is 65.5 Å². The molecule has 2 heterocycles. The highest BCUT2D eigenvalue weighted by Crippen LogP contribution is 2.26. The molecule has 0 unspecified atom stereocenters. The molecule has 0 spiro atoms. The Morgan fingerprint density at radius 2 is 1.57 bits per heavy atom. The molecule has 0 aliphatic carbocycles. The van der Waals surface area contributed by atoms with Crippen molar-refractivity contribution in [2.24, 2.45) is 0 Å². The first kappa shape index (κ1) is 17.6. The molecule has 1 N–H and O–H groups in total. The molecule has 130 valence electrons. The molecule has 2 atom stereocenters. The molecule has 2 saturated heterocycles. The first-order chi connectivity index (χ1) is 10.7. The predicted molar refractivity (Wildman–Crippen MR) is 84.8 cm³/mol. The summed E-state index contributed by atoms with van der Waals surface area (Å²) in [4.78, 5) is 40.2. The normalized spacial score (nSPS) is 24.7. The third-order valence-corrected chi connectivity index (χ3v) is 4.25. The molecule has 0 radical (unpaired) electrons. The van der Waals surface area contributed by atoms with E-state index in [1.165, 1.54) is 4.90 Å². The van der Waals surface area contributed by atoms with Crippen molar-refractivity contribution in [3.63, 3.8) is 0 Å². The molecule has 3 amide bonds. The number of ether oxygens (including phenoxy) is 1. The van der Waals surface area contributed by atoms with Crippen molar-refractivity contribution in [3.8, 4) is 0 Å². The number of amides is 3. The summed E-state index contributed by atoms with van der Waals surface area (Å²) in [5, 5.41) is 2.61. The fourth-order valence-electron chi connectivity index (χ4n) is 3.22. The molecule has 0 aromatic carbocycles. The minimum Gasteiger partial charge on any atom is -0.444 e. The molecule has 2 aliphatic rings. The molecule has 7 nitrogen and oxygen atoms in total. The van der Waals surface area contributed by atoms with Gasteiger partial charge < -0.3 is 15.0 Å². The molecule has 2 aliphatic heterocycles. The molecular formula is C16H27N3O4. The monoisotopic (exact) mass is 325 g/mol. The average molecular weight is 325 g/mol. The number of hydrogen-bond donors (Lipinski definition) is 1. The number of likely N-dealkylation sites (tertiary alicyclic amines) is 2. The zero-order chi connectivity index (χ0) is 17.2. The van der Waals surface area contributed by atoms with E-state index in [0.717, 1.165) is 12.8 Å². The molecule has 0 bridgehead atoms. The van der Waals surface area contributed by atoms with Crippen molar-refractivity contribution in [2.45, 2.75) is 64.1 Å². The van der Waals surface area contributed by atoms with Crippen LogP contribution in [-0.2, 0) is 14.3 Å². The van der Waals surface area contributed by atoms with Gasteiger partial charge in [0.15, 0.2) is 0 Å². The van der Waals surface area contributed by atoms with Crippen molar-refractivity contribution < 1.29 is 19.1 Å². The summed E-state index contributed by atoms with van der Waals surface area (Å²) >= 11 is 0. The molecule has 0 aromatic heterocycles. The first-order valence-electron chi connectivity index (χ1n) is 8.26. The van der Waals surface area contributed by atoms with Gasteiger partial charge in [-0.3, -0.25) is 14.5 Å². The van der Waals surface area contributed by atoms with Crippen LogP contribution in [0.1, 0.15) is 46.5 Å². The fraction of sp³-hybridized carbons (Fsp3) is 0.812. The summed E-state index contributed by atoms with van der Waals surface area (Å²) in [5.74, 6) is -0.280. The number of hydrogen-bond acceptors (Lipinski definition) is 4. The third kappa shape index (κ3) is 3.95. The molecular weight excluding hydrogens is 298 g/mol. The molecule has 0 aromatic rings. The minimum absolute atomic E-state index is 0.139. The number of carbonyl (C=O) groups is 3. The highest BCUT2D eigenvalue weighted by atomic mass is 16.6. The van der Waals surface area contributed by atoms with Gasteiger partial charge in [0.05, 0.1) is 0 Å². The summed E-state index contributed by atoms with van der Waals surface area (Å²) < 4.78 is 5.40. The predicted octanol–water partition coefficient (Wildman–Crippen LogP) is 1.12. The SMILES string of the molecule is CNC(=O)[C@@H]1CCCN1C(=O)[C@@H]1CCCN1C(=O)OC(C)(C)C. The van der Waals surface area contributed by atoms with E-state index in [1.54, 1.807) is 32.7 Å². The van der Waals surface area contributed by atoms with E-state index in [2.05, 4.69) is 5.32 Å². The quantitative estimate of drug-likeness (QED) is 0.825. The third-order valence-electron chi connectivity index (χ3n) is 4.25. The van der Waals surface area contributed by atoms with Crippen molar-refractivity contribution in [3.05, 3.63) is 0 Å². The second-order valence-electron chi connectivity index (χ2n) is 7.14. The van der Waals surface area contributed by atoms with Crippen LogP contribution in [0.2, 0.25) is 0 Å². The Morgan fingerprint density at radius 3 is 2.13 bits per heavy atom. The van der Waals surface area contributed by atoms with Gasteiger partial charge in [-0.25, -0.2) is 4.79 Å². The number of nitrogens with one attached hydrogen (secondary N) is 1. The zero-order valence-electron chi connectivity index (χ0n) is 14.4. The number of carbonyl (C=O) groups excluding carboxylic acids is 3. The Kier molecular flexibility index (Phi) is 5.16. The van der Waals surface area contributed by atoms with E-state index in [4.69, 9.17) is 4.74 Å². The lowest BCUT2D eigenvalue weighted by molar-refractivity contribution is -0.141. The van der Waals surface area contributed by atoms with Crippen LogP contribution in [0.15, 0.2) is 0 Å². The van der Waals surface area contributed by atoms with Crippen LogP contribution in [0.5, 0.6) is 0 Å². The Bertz CT molecular complexity index is 486. The van der Waals surface area contributed by atoms with Gasteiger partial charge in [-0.2, -0.15) is 0 Å². The van der Waals surface area contributed by atoms with E-state index in [0.29, 0.717) is 25.9 Å². The fourth-order valence-corrected chi connectivity index (χ4v) is 3.22. The van der Waals surface area contributed by atoms with Gasteiger partial charge in [0.1, 0.15) is 17.7 Å². The maximum atomic E-state index is 12.9. The van der Waals surface area contributed by atoms with Crippen molar-refractivity contribution in [1.29, 1.82) is 0 Å². The lowest BCUT2D eigenvalue weighted by atomic mass is 10.1. The van der Waals surface area contributed by atoms with E-state index >= 15 is 0 Å². The summed E-state index contributed by atoms with van der Waals surface area (Å²) in [6.45, 7) is 6.50. The van der Waals surface area contributed by atoms with E-state index < -0.39 is 23.8 Å². The second kappa shape index (κ2) is 6.76. The first-order valence-corrected chi connectivity index (χ1v) is 8.26. The lowest BCUT2D eigenvalue weighted by Gasteiger charge is -2.32. The molecule has 23 heavy (non-hydrogen) atoms. The van der Waals surface area contributed by atoms with Crippen molar-refractivity contribution in [1.82, 2.24) is 15.1 Å². The topological polar surface area (TPSA) is 79.0 Å². The van der Waals surface area contributed by atoms with Gasteiger partial charge in [0.25, 0.3) is 0 Å². The number of likely N-dealkylation sites (N-methyl/N-ethyl adjacent to an activating group) is 1. The van der Waals surface area contributed by atoms with Crippen LogP contribution < -0.4 is 5.32 Å². The molecule has 2 rings (SSSR count). The number of rotatable bonds is 2. The van der Waals surface area contributed by atoms with Crippen molar-refractivity contribution >= 4 is 17.9 Å². The molecule has 7 heteroatoms. The number of nitrogens with zero attached hydrogens (tertiary/aromatic N) is 2. The summed E-state index contributed by atoms with van der Waals surface area (Å²) in [6, 6.07) is -0.941. The lowest BCUT2D eigenvalue weighted by Crippen LogP contribution is -2.53. The van der Waals surface area contributed by atoms with Gasteiger partial charge in [-0.05, 0) is 46.5 Å². The van der Waals surface area contributed by atoms with Gasteiger partial charge in [0, 0.05) is 20.1 Å². The Hall–Kier alpha value is -1.79. The Balaban J connectivity index is 2.08. The second-order valence-corrected chi connectivity index (χ2v) is 7.14. The minimum atomic E-state index is -0.592.